The predicted molar refractivity (Wildman–Crippen MR) is 162 cm³/mol. The highest BCUT2D eigenvalue weighted by molar-refractivity contribution is 6.01. The number of amides is 4. The molecule has 230 valence electrons. The van der Waals surface area contributed by atoms with E-state index in [1.54, 1.807) is 16.9 Å². The van der Waals surface area contributed by atoms with Crippen molar-refractivity contribution in [2.24, 2.45) is 23.7 Å². The van der Waals surface area contributed by atoms with Gasteiger partial charge in [-0.05, 0) is 125 Å². The number of benzene rings is 1. The summed E-state index contributed by atoms with van der Waals surface area (Å²) in [6, 6.07) is 6.45. The molecule has 3 atom stereocenters. The molecule has 10 nitrogen and oxygen atoms in total. The fraction of sp³-hybridized carbons (Fsp3) is 0.606. The normalized spacial score (nSPS) is 22.6. The van der Waals surface area contributed by atoms with E-state index in [1.807, 2.05) is 39.0 Å². The molecule has 2 aromatic rings. The lowest BCUT2D eigenvalue weighted by Crippen LogP contribution is -2.53. The maximum atomic E-state index is 13.9. The molecule has 1 aromatic carbocycles. The van der Waals surface area contributed by atoms with Gasteiger partial charge in [-0.1, -0.05) is 6.07 Å². The van der Waals surface area contributed by atoms with Gasteiger partial charge in [-0.2, -0.15) is 5.10 Å². The number of aromatic nitrogens is 2. The quantitative estimate of drug-likeness (QED) is 0.299. The average Bonchev–Trinajstić information content (AvgIpc) is 3.84. The molecule has 4 aliphatic rings. The largest absolute Gasteiger partial charge is 0.345 e. The highest BCUT2D eigenvalue weighted by Gasteiger charge is 2.49. The molecule has 43 heavy (non-hydrogen) atoms. The first-order valence-corrected chi connectivity index (χ1v) is 15.9. The van der Waals surface area contributed by atoms with Crippen LogP contribution in [0.4, 0.5) is 5.69 Å². The molecule has 1 aromatic heterocycles. The Kier molecular flexibility index (Phi) is 7.81. The van der Waals surface area contributed by atoms with Crippen molar-refractivity contribution >= 4 is 29.3 Å². The third-order valence-electron chi connectivity index (χ3n) is 9.67. The molecular formula is C33H44N6O4. The second-order valence-electron chi connectivity index (χ2n) is 13.7. The summed E-state index contributed by atoms with van der Waals surface area (Å²) in [6.45, 7) is 7.42. The lowest BCUT2D eigenvalue weighted by atomic mass is 9.88. The second kappa shape index (κ2) is 11.4. The maximum absolute atomic E-state index is 13.9. The number of carbonyl (C=O) groups excluding carboxylic acids is 4. The van der Waals surface area contributed by atoms with Crippen LogP contribution in [0.1, 0.15) is 100 Å². The van der Waals surface area contributed by atoms with Crippen molar-refractivity contribution < 1.29 is 19.2 Å². The molecule has 4 amide bonds. The van der Waals surface area contributed by atoms with Crippen LogP contribution < -0.4 is 21.3 Å². The number of nitrogens with zero attached hydrogens (tertiary/aromatic N) is 2. The summed E-state index contributed by atoms with van der Waals surface area (Å²) in [5.41, 5.74) is 2.69. The second-order valence-corrected chi connectivity index (χ2v) is 13.7. The molecule has 3 fully saturated rings. The van der Waals surface area contributed by atoms with Crippen molar-refractivity contribution in [3.05, 3.63) is 47.3 Å². The zero-order valence-electron chi connectivity index (χ0n) is 25.6. The van der Waals surface area contributed by atoms with Crippen LogP contribution in [0.25, 0.3) is 0 Å². The molecule has 0 radical (unpaired) electrons. The summed E-state index contributed by atoms with van der Waals surface area (Å²) in [6.07, 6.45) is 9.38. The standard InChI is InChI=1S/C33H44N6O4/c1-18(2)39-26(14-16-34-39)30(41)37-29(27(20-5-6-20)21-7-8-21)31(42)36-24-11-12-25-23(17-24)13-15-33(25,4)38-32(43)28(22-9-10-22)35-19(3)40/h11-12,14,16-18,20-22,27-29H,5-10,13,15H2,1-4H3,(H,35,40)(H,36,42)(H,37,41)(H,38,43)/t28-,29+,33+/m1/s1. The van der Waals surface area contributed by atoms with E-state index < -0.39 is 17.6 Å². The molecule has 0 bridgehead atoms. The van der Waals surface area contributed by atoms with E-state index in [0.717, 1.165) is 62.5 Å². The summed E-state index contributed by atoms with van der Waals surface area (Å²) < 4.78 is 1.69. The Bertz CT molecular complexity index is 1410. The van der Waals surface area contributed by atoms with E-state index in [9.17, 15) is 19.2 Å². The van der Waals surface area contributed by atoms with Gasteiger partial charge in [0.15, 0.2) is 0 Å². The number of rotatable bonds is 12. The maximum Gasteiger partial charge on any atom is 0.270 e. The van der Waals surface area contributed by atoms with E-state index in [1.165, 1.54) is 6.92 Å². The molecule has 0 saturated heterocycles. The molecule has 3 saturated carbocycles. The highest BCUT2D eigenvalue weighted by Crippen LogP contribution is 2.51. The molecule has 0 spiro atoms. The van der Waals surface area contributed by atoms with E-state index in [0.29, 0.717) is 23.2 Å². The summed E-state index contributed by atoms with van der Waals surface area (Å²) in [4.78, 5) is 52.3. The molecule has 1 heterocycles. The van der Waals surface area contributed by atoms with E-state index in [4.69, 9.17) is 0 Å². The third kappa shape index (κ3) is 6.33. The first-order chi connectivity index (χ1) is 20.5. The lowest BCUT2D eigenvalue weighted by molar-refractivity contribution is -0.130. The van der Waals surface area contributed by atoms with Gasteiger partial charge in [0, 0.05) is 24.8 Å². The highest BCUT2D eigenvalue weighted by atomic mass is 16.2. The Labute approximate surface area is 253 Å². The third-order valence-corrected chi connectivity index (χ3v) is 9.67. The summed E-state index contributed by atoms with van der Waals surface area (Å²) >= 11 is 0. The van der Waals surface area contributed by atoms with Crippen molar-refractivity contribution in [1.29, 1.82) is 0 Å². The number of fused-ring (bicyclic) bond motifs is 1. The van der Waals surface area contributed by atoms with Crippen LogP contribution in [0.5, 0.6) is 0 Å². The van der Waals surface area contributed by atoms with Gasteiger partial charge in [-0.25, -0.2) is 0 Å². The Morgan fingerprint density at radius 2 is 1.60 bits per heavy atom. The Balaban J connectivity index is 1.18. The average molecular weight is 589 g/mol. The number of hydrogen-bond donors (Lipinski definition) is 4. The molecule has 10 heteroatoms. The SMILES string of the molecule is CC(=O)N[C@@H](C(=O)N[C@@]1(C)CCc2cc(NC(=O)[C@@H](NC(=O)c3ccnn3C(C)C)C(C3CC3)C3CC3)ccc21)C1CC1. The van der Waals surface area contributed by atoms with E-state index >= 15 is 0 Å². The van der Waals surface area contributed by atoms with Crippen LogP contribution in [0.2, 0.25) is 0 Å². The van der Waals surface area contributed by atoms with Crippen molar-refractivity contribution in [2.75, 3.05) is 5.32 Å². The van der Waals surface area contributed by atoms with Gasteiger partial charge in [0.2, 0.25) is 17.7 Å². The lowest BCUT2D eigenvalue weighted by Gasteiger charge is -2.30. The number of nitrogens with one attached hydrogen (secondary N) is 4. The fourth-order valence-corrected chi connectivity index (χ4v) is 7.03. The summed E-state index contributed by atoms with van der Waals surface area (Å²) in [7, 11) is 0. The van der Waals surface area contributed by atoms with Crippen molar-refractivity contribution in [2.45, 2.75) is 103 Å². The molecule has 6 rings (SSSR count). The van der Waals surface area contributed by atoms with Gasteiger partial charge in [0.05, 0.1) is 5.54 Å². The van der Waals surface area contributed by atoms with Crippen molar-refractivity contribution in [1.82, 2.24) is 25.7 Å². The molecule has 4 aliphatic carbocycles. The minimum Gasteiger partial charge on any atom is -0.345 e. The van der Waals surface area contributed by atoms with Gasteiger partial charge in [-0.15, -0.1) is 0 Å². The number of anilines is 1. The molecule has 4 N–H and O–H groups in total. The van der Waals surface area contributed by atoms with Crippen LogP contribution in [-0.2, 0) is 26.3 Å². The van der Waals surface area contributed by atoms with Crippen LogP contribution in [-0.4, -0.2) is 45.5 Å². The van der Waals surface area contributed by atoms with Gasteiger partial charge in [0.25, 0.3) is 5.91 Å². The van der Waals surface area contributed by atoms with E-state index in [-0.39, 0.29) is 41.5 Å². The van der Waals surface area contributed by atoms with Gasteiger partial charge in [0.1, 0.15) is 17.8 Å². The molecule has 0 unspecified atom stereocenters. The Morgan fingerprint density at radius 1 is 0.930 bits per heavy atom. The van der Waals surface area contributed by atoms with Gasteiger partial charge < -0.3 is 21.3 Å². The number of carbonyl (C=O) groups is 4. The Hall–Kier alpha value is -3.69. The molecular weight excluding hydrogens is 544 g/mol. The fourth-order valence-electron chi connectivity index (χ4n) is 7.03. The van der Waals surface area contributed by atoms with Crippen LogP contribution in [0.15, 0.2) is 30.5 Å². The zero-order valence-corrected chi connectivity index (χ0v) is 25.6. The van der Waals surface area contributed by atoms with Crippen LogP contribution >= 0.6 is 0 Å². The minimum absolute atomic E-state index is 0.0255. The summed E-state index contributed by atoms with van der Waals surface area (Å²) in [5, 5.41) is 16.6. The van der Waals surface area contributed by atoms with Crippen LogP contribution in [0.3, 0.4) is 0 Å². The first kappa shape index (κ1) is 29.4. The first-order valence-electron chi connectivity index (χ1n) is 15.9. The van der Waals surface area contributed by atoms with Gasteiger partial charge >= 0.3 is 0 Å². The predicted octanol–water partition coefficient (Wildman–Crippen LogP) is 3.83. The van der Waals surface area contributed by atoms with Crippen molar-refractivity contribution in [3.8, 4) is 0 Å². The van der Waals surface area contributed by atoms with Crippen LogP contribution in [0, 0.1) is 23.7 Å². The minimum atomic E-state index is -0.631. The van der Waals surface area contributed by atoms with Gasteiger partial charge in [-0.3, -0.25) is 23.9 Å². The van der Waals surface area contributed by atoms with Crippen molar-refractivity contribution in [3.63, 3.8) is 0 Å². The Morgan fingerprint density at radius 3 is 2.21 bits per heavy atom. The topological polar surface area (TPSA) is 134 Å². The zero-order chi connectivity index (χ0) is 30.5. The molecule has 0 aliphatic heterocycles. The number of aryl methyl sites for hydroxylation is 1. The monoisotopic (exact) mass is 588 g/mol. The number of hydrogen-bond acceptors (Lipinski definition) is 5. The smallest absolute Gasteiger partial charge is 0.270 e. The van der Waals surface area contributed by atoms with E-state index in [2.05, 4.69) is 26.4 Å². The summed E-state index contributed by atoms with van der Waals surface area (Å²) in [5.74, 6) is 0.422.